The van der Waals surface area contributed by atoms with E-state index in [1.165, 1.54) is 0 Å². The summed E-state index contributed by atoms with van der Waals surface area (Å²) in [5.41, 5.74) is 0.614. The largest absolute Gasteiger partial charge is 0.473 e. The molecular weight excluding hydrogens is 300 g/mol. The van der Waals surface area contributed by atoms with Crippen molar-refractivity contribution in [2.24, 2.45) is 5.92 Å². The molecule has 2 aliphatic rings. The molecule has 0 radical (unpaired) electrons. The first-order valence-electron chi connectivity index (χ1n) is 7.87. The minimum absolute atomic E-state index is 0.0560. The molecule has 6 heteroatoms. The maximum atomic E-state index is 12.2. The van der Waals surface area contributed by atoms with Crippen molar-refractivity contribution in [3.8, 4) is 5.88 Å². The monoisotopic (exact) mass is 322 g/mol. The van der Waals surface area contributed by atoms with Crippen LogP contribution >= 0.6 is 11.8 Å². The van der Waals surface area contributed by atoms with Crippen LogP contribution < -0.4 is 10.1 Å². The van der Waals surface area contributed by atoms with Crippen molar-refractivity contribution in [1.82, 2.24) is 10.3 Å². The molecule has 0 saturated carbocycles. The molecule has 1 N–H and O–H groups in total. The smallest absolute Gasteiger partial charge is 0.251 e. The van der Waals surface area contributed by atoms with E-state index >= 15 is 0 Å². The fourth-order valence-electron chi connectivity index (χ4n) is 2.68. The molecule has 120 valence electrons. The average molecular weight is 322 g/mol. The van der Waals surface area contributed by atoms with Gasteiger partial charge in [0.2, 0.25) is 5.88 Å². The molecule has 2 aliphatic heterocycles. The van der Waals surface area contributed by atoms with E-state index in [-0.39, 0.29) is 12.0 Å². The first kappa shape index (κ1) is 15.6. The standard InChI is InChI=1S/C16H22N2O3S/c19-16(18-10-12-2-6-20-7-3-12)13-1-5-17-15(9-13)21-14-4-8-22-11-14/h1,5,9,12,14H,2-4,6-8,10-11H2,(H,18,19)/t14-/m0/s1. The summed E-state index contributed by atoms with van der Waals surface area (Å²) in [6, 6.07) is 3.47. The lowest BCUT2D eigenvalue weighted by Gasteiger charge is -2.22. The van der Waals surface area contributed by atoms with Gasteiger partial charge >= 0.3 is 0 Å². The number of aromatic nitrogens is 1. The number of hydrogen-bond acceptors (Lipinski definition) is 5. The number of hydrogen-bond donors (Lipinski definition) is 1. The molecule has 5 nitrogen and oxygen atoms in total. The number of nitrogens with zero attached hydrogens (tertiary/aromatic N) is 1. The predicted octanol–water partition coefficient (Wildman–Crippen LogP) is 2.12. The van der Waals surface area contributed by atoms with Crippen LogP contribution in [0.1, 0.15) is 29.6 Å². The number of carbonyl (C=O) groups excluding carboxylic acids is 1. The van der Waals surface area contributed by atoms with E-state index in [1.807, 2.05) is 11.8 Å². The van der Waals surface area contributed by atoms with Crippen LogP contribution in [0.3, 0.4) is 0 Å². The van der Waals surface area contributed by atoms with Gasteiger partial charge in [0, 0.05) is 43.3 Å². The summed E-state index contributed by atoms with van der Waals surface area (Å²) in [5, 5.41) is 3.01. The van der Waals surface area contributed by atoms with Crippen molar-refractivity contribution in [3.05, 3.63) is 23.9 Å². The Bertz CT molecular complexity index is 500. The van der Waals surface area contributed by atoms with Crippen LogP contribution in [0.4, 0.5) is 0 Å². The number of carbonyl (C=O) groups is 1. The molecule has 22 heavy (non-hydrogen) atoms. The van der Waals surface area contributed by atoms with Crippen molar-refractivity contribution in [2.45, 2.75) is 25.4 Å². The van der Waals surface area contributed by atoms with E-state index in [1.54, 1.807) is 18.3 Å². The Kier molecular flexibility index (Phi) is 5.56. The molecule has 0 aromatic carbocycles. The molecule has 3 heterocycles. The topological polar surface area (TPSA) is 60.5 Å². The first-order valence-corrected chi connectivity index (χ1v) is 9.03. The van der Waals surface area contributed by atoms with Gasteiger partial charge < -0.3 is 14.8 Å². The summed E-state index contributed by atoms with van der Waals surface area (Å²) in [5.74, 6) is 3.15. The van der Waals surface area contributed by atoms with Crippen LogP contribution in [0.25, 0.3) is 0 Å². The normalized spacial score (nSPS) is 22.5. The minimum Gasteiger partial charge on any atom is -0.473 e. The lowest BCUT2D eigenvalue weighted by atomic mass is 10.0. The third kappa shape index (κ3) is 4.36. The number of pyridine rings is 1. The van der Waals surface area contributed by atoms with Gasteiger partial charge in [0.05, 0.1) is 0 Å². The quantitative estimate of drug-likeness (QED) is 0.900. The van der Waals surface area contributed by atoms with Gasteiger partial charge in [0.25, 0.3) is 5.91 Å². The number of ether oxygens (including phenoxy) is 2. The van der Waals surface area contributed by atoms with E-state index < -0.39 is 0 Å². The van der Waals surface area contributed by atoms with Gasteiger partial charge in [0.1, 0.15) is 6.10 Å². The summed E-state index contributed by atoms with van der Waals surface area (Å²) in [7, 11) is 0. The molecule has 0 bridgehead atoms. The molecule has 1 aromatic heterocycles. The molecule has 2 fully saturated rings. The maximum Gasteiger partial charge on any atom is 0.251 e. The van der Waals surface area contributed by atoms with Crippen molar-refractivity contribution in [2.75, 3.05) is 31.3 Å². The van der Waals surface area contributed by atoms with Crippen LogP contribution in [0, 0.1) is 5.92 Å². The van der Waals surface area contributed by atoms with Gasteiger partial charge in [-0.3, -0.25) is 4.79 Å². The SMILES string of the molecule is O=C(NCC1CCOCC1)c1ccnc(O[C@H]2CCSC2)c1. The van der Waals surface area contributed by atoms with Gasteiger partial charge in [0.15, 0.2) is 0 Å². The van der Waals surface area contributed by atoms with Crippen molar-refractivity contribution in [3.63, 3.8) is 0 Å². The molecule has 0 aliphatic carbocycles. The zero-order valence-electron chi connectivity index (χ0n) is 12.6. The fourth-order valence-corrected chi connectivity index (χ4v) is 3.78. The van der Waals surface area contributed by atoms with Crippen LogP contribution in [-0.2, 0) is 4.74 Å². The average Bonchev–Trinajstić information content (AvgIpc) is 3.07. The highest BCUT2D eigenvalue weighted by Gasteiger charge is 2.19. The molecule has 1 amide bonds. The fraction of sp³-hybridized carbons (Fsp3) is 0.625. The summed E-state index contributed by atoms with van der Waals surface area (Å²) < 4.78 is 11.2. The number of rotatable bonds is 5. The molecule has 1 aromatic rings. The van der Waals surface area contributed by atoms with E-state index in [0.717, 1.165) is 44.0 Å². The van der Waals surface area contributed by atoms with E-state index in [4.69, 9.17) is 9.47 Å². The Morgan fingerprint density at radius 2 is 2.27 bits per heavy atom. The predicted molar refractivity (Wildman–Crippen MR) is 86.5 cm³/mol. The molecule has 3 rings (SSSR count). The van der Waals surface area contributed by atoms with Crippen LogP contribution in [0.5, 0.6) is 5.88 Å². The van der Waals surface area contributed by atoms with Crippen LogP contribution in [0.2, 0.25) is 0 Å². The highest BCUT2D eigenvalue weighted by Crippen LogP contribution is 2.22. The van der Waals surface area contributed by atoms with Gasteiger partial charge in [-0.2, -0.15) is 11.8 Å². The van der Waals surface area contributed by atoms with Crippen molar-refractivity contribution >= 4 is 17.7 Å². The second-order valence-corrected chi connectivity index (χ2v) is 6.90. The second kappa shape index (κ2) is 7.83. The van der Waals surface area contributed by atoms with Gasteiger partial charge in [-0.25, -0.2) is 4.98 Å². The zero-order valence-corrected chi connectivity index (χ0v) is 13.4. The summed E-state index contributed by atoms with van der Waals surface area (Å²) in [6.45, 7) is 2.31. The summed E-state index contributed by atoms with van der Waals surface area (Å²) >= 11 is 1.89. The van der Waals surface area contributed by atoms with Crippen molar-refractivity contribution < 1.29 is 14.3 Å². The van der Waals surface area contributed by atoms with Gasteiger partial charge in [-0.15, -0.1) is 0 Å². The Labute approximate surface area is 135 Å². The Morgan fingerprint density at radius 1 is 1.41 bits per heavy atom. The molecule has 2 saturated heterocycles. The third-order valence-electron chi connectivity index (χ3n) is 4.06. The van der Waals surface area contributed by atoms with E-state index in [0.29, 0.717) is 23.9 Å². The molecular formula is C16H22N2O3S. The van der Waals surface area contributed by atoms with E-state index in [9.17, 15) is 4.79 Å². The second-order valence-electron chi connectivity index (χ2n) is 5.75. The molecule has 0 unspecified atom stereocenters. The number of nitrogens with one attached hydrogen (secondary N) is 1. The highest BCUT2D eigenvalue weighted by atomic mass is 32.2. The van der Waals surface area contributed by atoms with Gasteiger partial charge in [-0.05, 0) is 37.0 Å². The number of amides is 1. The highest BCUT2D eigenvalue weighted by molar-refractivity contribution is 7.99. The van der Waals surface area contributed by atoms with Crippen molar-refractivity contribution in [1.29, 1.82) is 0 Å². The summed E-state index contributed by atoms with van der Waals surface area (Å²) in [6.07, 6.45) is 4.94. The third-order valence-corrected chi connectivity index (χ3v) is 5.20. The summed E-state index contributed by atoms with van der Waals surface area (Å²) in [4.78, 5) is 16.5. The van der Waals surface area contributed by atoms with Crippen LogP contribution in [0.15, 0.2) is 18.3 Å². The Balaban J connectivity index is 1.52. The minimum atomic E-state index is -0.0560. The number of thioether (sulfide) groups is 1. The molecule has 0 spiro atoms. The maximum absolute atomic E-state index is 12.2. The Hall–Kier alpha value is -1.27. The zero-order chi connectivity index (χ0) is 15.2. The molecule has 1 atom stereocenters. The van der Waals surface area contributed by atoms with Crippen LogP contribution in [-0.4, -0.2) is 48.3 Å². The first-order chi connectivity index (χ1) is 10.8. The van der Waals surface area contributed by atoms with E-state index in [2.05, 4.69) is 10.3 Å². The lowest BCUT2D eigenvalue weighted by Crippen LogP contribution is -2.32. The van der Waals surface area contributed by atoms with Gasteiger partial charge in [-0.1, -0.05) is 0 Å². The lowest BCUT2D eigenvalue weighted by molar-refractivity contribution is 0.0642. The Morgan fingerprint density at radius 3 is 3.05 bits per heavy atom.